The first-order valence-electron chi connectivity index (χ1n) is 33.1. The van der Waals surface area contributed by atoms with E-state index in [4.69, 9.17) is 387 Å². The maximum absolute atomic E-state index is 12.4. The highest BCUT2D eigenvalue weighted by molar-refractivity contribution is 7.86. The van der Waals surface area contributed by atoms with Gasteiger partial charge < -0.3 is 85.2 Å². The largest absolute Gasteiger partial charge is 0.478 e. The van der Waals surface area contributed by atoms with E-state index in [1.807, 2.05) is 20.8 Å². The van der Waals surface area contributed by atoms with Crippen molar-refractivity contribution < 1.29 is 99.7 Å². The number of halogens is 27. The molecule has 2 aliphatic rings. The molecular weight excluding hydrogens is 2230 g/mol. The standard InChI is InChI=1S/C19H23Cl6NO6S.C12H17Cl6NO4.C12H15Cl6NO3.C12H16Cl6O5.C8H11NO2.C2H3Cl3O.6CH4/c1-12-3-5-14(6-4-12)33(28,29)32-9-13(2)15(17(26)27)7-8-16(30-10-18(20,21)22)31-11-19(23,24)25;1-7(4-20)8(10(19)21)2-3-9(22-5-11(13,14)15)23-6-12(16,17)18;1-7-4-19-10(20)8(7)2-3-9(21-5-11(13,14)15)22-6-12(16,17)18;1-7(4-19)8(10(20)21)2-3-9(22-5-11(13,14)15)23-6-12(16,17)18;1-6-5-9-8(11)7(6)3-2-4-10;3-2(4,5)1-6;;;;;;/h3-6,16H,7-11H2,1-2H3,(H2,26,27);9,20H,2-6H2,1H3,(H2,19,21);9H,2-6H2,1H3,(H,19,20);9,19H,2-6H2,1H3,(H,20,21);4H,2-3,5H2,1H3,(H,9,11);6H,1H2;6*1H4/b15-13-;8-7-;;8-7-;;;;;;;;. The number of rotatable bonds is 40. The van der Waals surface area contributed by atoms with Crippen LogP contribution < -0.4 is 22.1 Å². The van der Waals surface area contributed by atoms with E-state index < -0.39 is 93.8 Å². The van der Waals surface area contributed by atoms with Crippen molar-refractivity contribution in [2.75, 3.05) is 92.4 Å². The third-order valence-corrected chi connectivity index (χ3v) is 18.1. The van der Waals surface area contributed by atoms with Crippen molar-refractivity contribution in [2.45, 2.75) is 214 Å². The second kappa shape index (κ2) is 70.8. The lowest BCUT2D eigenvalue weighted by molar-refractivity contribution is -0.145. The fourth-order valence-corrected chi connectivity index (χ4v) is 10.8. The molecule has 734 valence electrons. The monoisotopic (exact) mass is 2330 g/mol. The van der Waals surface area contributed by atoms with Gasteiger partial charge in [0.25, 0.3) is 10.1 Å². The maximum atomic E-state index is 12.4. The van der Waals surface area contributed by atoms with Gasteiger partial charge in [-0.05, 0) is 114 Å². The molecule has 0 fully saturated rings. The number of carboxylic acid groups (broad SMARTS) is 1. The zero-order valence-corrected chi connectivity index (χ0v) is 83.9. The molecule has 2 aliphatic heterocycles. The number of carbonyl (C=O) groups is 6. The van der Waals surface area contributed by atoms with Crippen molar-refractivity contribution in [1.29, 1.82) is 0 Å². The van der Waals surface area contributed by atoms with Crippen LogP contribution in [0.15, 0.2) is 84.9 Å². The molecule has 0 bridgehead atoms. The van der Waals surface area contributed by atoms with Crippen molar-refractivity contribution in [3.63, 3.8) is 0 Å². The minimum Gasteiger partial charge on any atom is -0.478 e. The van der Waals surface area contributed by atoms with Crippen molar-refractivity contribution in [2.24, 2.45) is 11.5 Å². The predicted molar refractivity (Wildman–Crippen MR) is 519 cm³/mol. The molecule has 0 saturated carbocycles. The fourth-order valence-electron chi connectivity index (χ4n) is 8.32. The molecule has 0 unspecified atom stereocenters. The van der Waals surface area contributed by atoms with Crippen molar-refractivity contribution in [3.05, 3.63) is 85.6 Å². The molecule has 53 heteroatoms. The summed E-state index contributed by atoms with van der Waals surface area (Å²) in [5.41, 5.74) is 16.6. The topological polar surface area (TPSA) is 377 Å². The van der Waals surface area contributed by atoms with Crippen molar-refractivity contribution >= 4 is 359 Å². The first kappa shape index (κ1) is 144. The SMILES string of the molecule is C.C.C.C.C.C.C/C(CO)=C(\CCC(OCC(Cl)(Cl)Cl)OCC(Cl)(Cl)Cl)C(=O)O.C/C(CO)=C(\CCC(OCC(Cl)(Cl)Cl)OCC(Cl)(Cl)Cl)C(N)=O.C/C(COS(=O)(=O)c1ccc(C)cc1)=C(\CCC(OCC(Cl)(Cl)Cl)OCC(Cl)(Cl)Cl)C(N)=O.CC1=C(CCC(OCC(Cl)(Cl)Cl)OCC(Cl)(Cl)Cl)C(=O)NC1.CC1=C(CCC=O)C(=O)NC1.OCC(Cl)(Cl)Cl. The summed E-state index contributed by atoms with van der Waals surface area (Å²) < 4.78 is 57.9. The molecule has 1 aromatic carbocycles. The zero-order chi connectivity index (χ0) is 92.4. The van der Waals surface area contributed by atoms with E-state index in [0.29, 0.717) is 61.1 Å². The number of amides is 4. The number of hydrogen-bond donors (Lipinski definition) is 8. The van der Waals surface area contributed by atoms with Gasteiger partial charge in [0.1, 0.15) is 6.29 Å². The normalized spacial score (nSPS) is 14.0. The van der Waals surface area contributed by atoms with Gasteiger partial charge in [-0.3, -0.25) is 23.4 Å². The smallest absolute Gasteiger partial charge is 0.331 e. The van der Waals surface area contributed by atoms with Gasteiger partial charge in [0, 0.05) is 73.1 Å². The third-order valence-electron chi connectivity index (χ3n) is 13.9. The lowest BCUT2D eigenvalue weighted by atomic mass is 10.0. The molecule has 4 amide bonds. The molecule has 0 atom stereocenters. The Morgan fingerprint density at radius 3 is 0.903 bits per heavy atom. The van der Waals surface area contributed by atoms with Gasteiger partial charge in [0.05, 0.1) is 84.2 Å². The van der Waals surface area contributed by atoms with Crippen molar-refractivity contribution in [1.82, 2.24) is 10.6 Å². The van der Waals surface area contributed by atoms with Crippen LogP contribution in [0, 0.1) is 6.92 Å². The summed E-state index contributed by atoms with van der Waals surface area (Å²) in [5.74, 6) is -2.69. The number of aryl methyl sites for hydroxylation is 1. The van der Waals surface area contributed by atoms with Gasteiger partial charge in [-0.2, -0.15) is 8.42 Å². The van der Waals surface area contributed by atoms with Crippen LogP contribution in [0.2, 0.25) is 0 Å². The van der Waals surface area contributed by atoms with E-state index >= 15 is 0 Å². The minimum atomic E-state index is -4.04. The summed E-state index contributed by atoms with van der Waals surface area (Å²) in [6, 6.07) is 6.13. The number of carbonyl (C=O) groups excluding carboxylic acids is 5. The van der Waals surface area contributed by atoms with E-state index in [1.54, 1.807) is 19.1 Å². The second-order valence-electron chi connectivity index (χ2n) is 24.3. The van der Waals surface area contributed by atoms with Crippen LogP contribution in [-0.4, -0.2) is 216 Å². The molecule has 25 nitrogen and oxygen atoms in total. The number of aliphatic carboxylic acids is 1. The number of aliphatic hydroxyl groups is 3. The van der Waals surface area contributed by atoms with E-state index in [9.17, 15) is 37.2 Å². The Kier molecular flexibility index (Phi) is 82.3. The van der Waals surface area contributed by atoms with E-state index in [2.05, 4.69) is 10.6 Å². The van der Waals surface area contributed by atoms with E-state index in [0.717, 1.165) is 28.6 Å². The number of benzene rings is 1. The molecular formula is C71H109Cl27N4O21S. The Balaban J connectivity index is -0.000000190. The molecule has 1 aromatic rings. The van der Waals surface area contributed by atoms with Gasteiger partial charge in [0.15, 0.2) is 25.2 Å². The Morgan fingerprint density at radius 1 is 0.427 bits per heavy atom. The Bertz CT molecular complexity index is 3370. The number of nitrogens with one attached hydrogen (secondary N) is 2. The molecule has 0 aromatic heterocycles. The molecule has 10 N–H and O–H groups in total. The second-order valence-corrected chi connectivity index (χ2v) is 48.6. The average Bonchev–Trinajstić information content (AvgIpc) is 1.05. The summed E-state index contributed by atoms with van der Waals surface area (Å²) in [6.45, 7) is 7.73. The Hall–Kier alpha value is 2.24. The first-order chi connectivity index (χ1) is 53.5. The molecule has 0 saturated heterocycles. The van der Waals surface area contributed by atoms with Crippen LogP contribution >= 0.6 is 313 Å². The molecule has 2 heterocycles. The number of carboxylic acids is 1. The third kappa shape index (κ3) is 80.4. The zero-order valence-electron chi connectivity index (χ0n) is 62.7. The van der Waals surface area contributed by atoms with Gasteiger partial charge in [-0.15, -0.1) is 0 Å². The van der Waals surface area contributed by atoms with E-state index in [1.165, 1.54) is 26.0 Å². The number of alkyl halides is 27. The fraction of sp³-hybridized carbons (Fsp3) is 0.690. The minimum absolute atomic E-state index is 0. The number of ether oxygens (including phenoxy) is 8. The highest BCUT2D eigenvalue weighted by atomic mass is 35.6. The Morgan fingerprint density at radius 2 is 0.677 bits per heavy atom. The summed E-state index contributed by atoms with van der Waals surface area (Å²) >= 11 is 150. The number of nitrogens with two attached hydrogens (primary N) is 2. The van der Waals surface area contributed by atoms with Crippen LogP contribution in [0.4, 0.5) is 0 Å². The molecule has 0 spiro atoms. The summed E-state index contributed by atoms with van der Waals surface area (Å²) in [6.07, 6.45) is -0.381. The summed E-state index contributed by atoms with van der Waals surface area (Å²) in [4.78, 5) is 67.2. The average molecular weight is 2340 g/mol. The summed E-state index contributed by atoms with van der Waals surface area (Å²) in [7, 11) is -4.04. The highest BCUT2D eigenvalue weighted by Crippen LogP contribution is 2.36. The Labute approximate surface area is 864 Å². The quantitative estimate of drug-likeness (QED) is 0.00994. The van der Waals surface area contributed by atoms with Gasteiger partial charge >= 0.3 is 5.97 Å². The van der Waals surface area contributed by atoms with Gasteiger partial charge in [-0.1, -0.05) is 375 Å². The number of aldehydes is 1. The molecule has 3 rings (SSSR count). The number of primary amides is 2. The number of aliphatic hydroxyl groups excluding tert-OH is 3. The lowest BCUT2D eigenvalue weighted by Gasteiger charge is -2.23. The van der Waals surface area contributed by atoms with Crippen LogP contribution in [0.5, 0.6) is 0 Å². The molecule has 124 heavy (non-hydrogen) atoms. The summed E-state index contributed by atoms with van der Waals surface area (Å²) in [5, 5.41) is 40.7. The van der Waals surface area contributed by atoms with Crippen LogP contribution in [0.25, 0.3) is 0 Å². The maximum Gasteiger partial charge on any atom is 0.331 e. The molecule has 0 radical (unpaired) electrons. The highest BCUT2D eigenvalue weighted by Gasteiger charge is 2.33. The van der Waals surface area contributed by atoms with Gasteiger partial charge in [-0.25, -0.2) is 4.79 Å². The number of hydrogen-bond acceptors (Lipinski definition) is 20. The first-order valence-corrected chi connectivity index (χ1v) is 44.7. The van der Waals surface area contributed by atoms with Gasteiger partial charge in [0.2, 0.25) is 57.8 Å². The van der Waals surface area contributed by atoms with Crippen LogP contribution in [0.1, 0.15) is 149 Å². The molecule has 0 aliphatic carbocycles. The van der Waals surface area contributed by atoms with Crippen LogP contribution in [-0.2, 0) is 81.0 Å². The van der Waals surface area contributed by atoms with E-state index in [-0.39, 0.29) is 189 Å². The predicted octanol–water partition coefficient (Wildman–Crippen LogP) is 23.2. The van der Waals surface area contributed by atoms with Crippen molar-refractivity contribution in [3.8, 4) is 0 Å². The van der Waals surface area contributed by atoms with Crippen LogP contribution in [0.3, 0.4) is 0 Å². The lowest BCUT2D eigenvalue weighted by Crippen LogP contribution is -2.28.